The fourth-order valence-corrected chi connectivity index (χ4v) is 6.67. The maximum Gasteiger partial charge on any atom is 0.410 e. The topological polar surface area (TPSA) is 129 Å². The summed E-state index contributed by atoms with van der Waals surface area (Å²) in [6.45, 7) is 2.26. The Morgan fingerprint density at radius 1 is 1.09 bits per heavy atom. The van der Waals surface area contributed by atoms with Gasteiger partial charge in [-0.1, -0.05) is 53.5 Å². The zero-order valence-corrected chi connectivity index (χ0v) is 25.4. The highest BCUT2D eigenvalue weighted by Gasteiger charge is 2.32. The van der Waals surface area contributed by atoms with E-state index in [1.54, 1.807) is 18.2 Å². The highest BCUT2D eigenvalue weighted by atomic mass is 35.5. The van der Waals surface area contributed by atoms with Crippen LogP contribution >= 0.6 is 23.2 Å². The third-order valence-corrected chi connectivity index (χ3v) is 8.70. The smallest absolute Gasteiger partial charge is 0.410 e. The Labute approximate surface area is 264 Å². The predicted octanol–water partition coefficient (Wildman–Crippen LogP) is 6.41. The number of nitrogens with zero attached hydrogens (tertiary/aromatic N) is 5. The van der Waals surface area contributed by atoms with Gasteiger partial charge >= 0.3 is 6.09 Å². The molecule has 0 radical (unpaired) electrons. The predicted molar refractivity (Wildman–Crippen MR) is 170 cm³/mol. The molecule has 10 nitrogen and oxygen atoms in total. The summed E-state index contributed by atoms with van der Waals surface area (Å²) in [4.78, 5) is 28.0. The highest BCUT2D eigenvalue weighted by molar-refractivity contribution is 6.35. The second kappa shape index (κ2) is 12.8. The molecule has 226 valence electrons. The maximum atomic E-state index is 11.4. The molecule has 6 rings (SSSR count). The fraction of sp³-hybridized carbons (Fsp3) is 0.344. The quantitative estimate of drug-likeness (QED) is 0.127. The molecule has 1 amide bonds. The number of terminal acetylenes is 1. The summed E-state index contributed by atoms with van der Waals surface area (Å²) in [5.41, 5.74) is 3.14. The van der Waals surface area contributed by atoms with E-state index >= 15 is 0 Å². The van der Waals surface area contributed by atoms with Crippen LogP contribution in [0, 0.1) is 29.6 Å². The maximum absolute atomic E-state index is 11.4. The Kier molecular flexibility index (Phi) is 8.71. The molecule has 12 heteroatoms. The van der Waals surface area contributed by atoms with E-state index < -0.39 is 11.9 Å². The molecule has 0 spiro atoms. The van der Waals surface area contributed by atoms with Crippen molar-refractivity contribution in [3.8, 4) is 23.6 Å². The Morgan fingerprint density at radius 2 is 1.82 bits per heavy atom. The number of anilines is 1. The lowest BCUT2D eigenvalue weighted by Crippen LogP contribution is -2.41. The van der Waals surface area contributed by atoms with E-state index in [0.717, 1.165) is 31.2 Å². The first-order valence-electron chi connectivity index (χ1n) is 14.5. The van der Waals surface area contributed by atoms with Crippen LogP contribution in [-0.4, -0.2) is 56.3 Å². The van der Waals surface area contributed by atoms with Crippen molar-refractivity contribution in [3.63, 3.8) is 0 Å². The molecule has 1 aliphatic heterocycles. The summed E-state index contributed by atoms with van der Waals surface area (Å²) in [6, 6.07) is 15.2. The SMILES string of the molecule is C#C[C@H]1CC[C@H](Cn2c(N3CCOC[C@H]3c3ccccc3)nc3nc(C(=N)NC(=O)O)nc(-c4cc(Cl)cc(Cl)c4)c32)CC1. The van der Waals surface area contributed by atoms with Crippen molar-refractivity contribution in [2.45, 2.75) is 38.3 Å². The van der Waals surface area contributed by atoms with Gasteiger partial charge in [-0.25, -0.2) is 14.8 Å². The minimum atomic E-state index is -1.39. The normalized spacial score (nSPS) is 20.3. The van der Waals surface area contributed by atoms with Crippen molar-refractivity contribution in [2.24, 2.45) is 11.8 Å². The summed E-state index contributed by atoms with van der Waals surface area (Å²) >= 11 is 12.9. The number of morpholine rings is 1. The van der Waals surface area contributed by atoms with Gasteiger partial charge in [0.05, 0.1) is 19.3 Å². The Hall–Kier alpha value is -4.17. The number of amides is 1. The number of aromatic nitrogens is 4. The Balaban J connectivity index is 1.57. The van der Waals surface area contributed by atoms with E-state index in [1.165, 1.54) is 0 Å². The molecule has 2 aliphatic rings. The molecular weight excluding hydrogens is 601 g/mol. The third-order valence-electron chi connectivity index (χ3n) is 8.27. The summed E-state index contributed by atoms with van der Waals surface area (Å²) < 4.78 is 8.10. The van der Waals surface area contributed by atoms with Crippen molar-refractivity contribution in [1.82, 2.24) is 24.8 Å². The summed E-state index contributed by atoms with van der Waals surface area (Å²) in [5.74, 6) is 3.67. The van der Waals surface area contributed by atoms with Crippen LogP contribution in [0.5, 0.6) is 0 Å². The summed E-state index contributed by atoms with van der Waals surface area (Å²) in [5, 5.41) is 20.6. The van der Waals surface area contributed by atoms with Crippen LogP contribution in [0.15, 0.2) is 48.5 Å². The number of hydrogen-bond donors (Lipinski definition) is 3. The molecule has 2 fully saturated rings. The van der Waals surface area contributed by atoms with Gasteiger partial charge in [-0.05, 0) is 55.4 Å². The van der Waals surface area contributed by atoms with Crippen LogP contribution in [0.3, 0.4) is 0 Å². The van der Waals surface area contributed by atoms with Crippen LogP contribution < -0.4 is 10.2 Å². The molecule has 0 unspecified atom stereocenters. The monoisotopic (exact) mass is 631 g/mol. The number of benzene rings is 2. The molecule has 0 bridgehead atoms. The number of rotatable bonds is 6. The zero-order chi connectivity index (χ0) is 30.8. The molecular formula is C32H31Cl2N7O3. The lowest BCUT2D eigenvalue weighted by atomic mass is 9.82. The first kappa shape index (κ1) is 29.9. The number of hydrogen-bond acceptors (Lipinski definition) is 7. The Bertz CT molecular complexity index is 1730. The molecule has 44 heavy (non-hydrogen) atoms. The first-order valence-corrected chi connectivity index (χ1v) is 15.3. The summed E-state index contributed by atoms with van der Waals surface area (Å²) in [6.07, 6.45) is 8.23. The van der Waals surface area contributed by atoms with Gasteiger partial charge in [-0.15, -0.1) is 12.3 Å². The van der Waals surface area contributed by atoms with E-state index in [2.05, 4.69) is 37.8 Å². The average Bonchev–Trinajstić information content (AvgIpc) is 3.38. The molecule has 1 saturated heterocycles. The molecule has 3 heterocycles. The van der Waals surface area contributed by atoms with E-state index in [9.17, 15) is 9.90 Å². The lowest BCUT2D eigenvalue weighted by Gasteiger charge is -2.37. The molecule has 1 saturated carbocycles. The number of imidazole rings is 1. The average molecular weight is 633 g/mol. The van der Waals surface area contributed by atoms with E-state index in [-0.39, 0.29) is 17.8 Å². The summed E-state index contributed by atoms with van der Waals surface area (Å²) in [7, 11) is 0. The number of amidine groups is 1. The zero-order valence-electron chi connectivity index (χ0n) is 23.8. The standard InChI is InChI=1S/C32H31Cl2N7O3/c1-2-19-8-10-20(11-9-19)17-41-27-26(22-14-23(33)16-24(34)15-22)36-30(28(35)37-32(42)43)38-29(27)39-31(41)40-12-13-44-18-25(40)21-6-4-3-5-7-21/h1,3-7,14-16,19-20,25H,8-13,17-18H2,(H2,35,37)(H,42,43)/t19-,20-,25-/m0/s1. The van der Waals surface area contributed by atoms with E-state index in [1.807, 2.05) is 18.2 Å². The van der Waals surface area contributed by atoms with E-state index in [4.69, 9.17) is 49.7 Å². The van der Waals surface area contributed by atoms with Crippen molar-refractivity contribution >= 4 is 52.2 Å². The van der Waals surface area contributed by atoms with Gasteiger partial charge in [0.1, 0.15) is 11.2 Å². The van der Waals surface area contributed by atoms with Crippen LogP contribution in [0.1, 0.15) is 43.1 Å². The largest absolute Gasteiger partial charge is 0.465 e. The third kappa shape index (κ3) is 6.22. The van der Waals surface area contributed by atoms with Gasteiger partial charge in [-0.2, -0.15) is 4.98 Å². The number of ether oxygens (including phenoxy) is 1. The number of halogens is 2. The molecule has 4 aromatic rings. The van der Waals surface area contributed by atoms with Crippen molar-refractivity contribution in [3.05, 3.63) is 70.0 Å². The second-order valence-corrected chi connectivity index (χ2v) is 12.0. The van der Waals surface area contributed by atoms with Crippen molar-refractivity contribution in [1.29, 1.82) is 5.41 Å². The molecule has 2 aromatic heterocycles. The van der Waals surface area contributed by atoms with Gasteiger partial charge in [0.2, 0.25) is 5.95 Å². The first-order chi connectivity index (χ1) is 21.3. The van der Waals surface area contributed by atoms with Crippen molar-refractivity contribution < 1.29 is 14.6 Å². The van der Waals surface area contributed by atoms with Gasteiger partial charge < -0.3 is 19.3 Å². The van der Waals surface area contributed by atoms with Gasteiger partial charge in [0.25, 0.3) is 0 Å². The number of nitrogens with one attached hydrogen (secondary N) is 2. The van der Waals surface area contributed by atoms with Crippen LogP contribution in [0.25, 0.3) is 22.4 Å². The van der Waals surface area contributed by atoms with Gasteiger partial charge in [-0.3, -0.25) is 10.7 Å². The number of carbonyl (C=O) groups is 1. The number of carboxylic acid groups (broad SMARTS) is 1. The Morgan fingerprint density at radius 3 is 2.50 bits per heavy atom. The molecule has 1 atom stereocenters. The second-order valence-electron chi connectivity index (χ2n) is 11.1. The highest BCUT2D eigenvalue weighted by Crippen LogP contribution is 2.38. The number of fused-ring (bicyclic) bond motifs is 1. The molecule has 2 aromatic carbocycles. The van der Waals surface area contributed by atoms with Gasteiger partial charge in [0.15, 0.2) is 17.3 Å². The van der Waals surface area contributed by atoms with E-state index in [0.29, 0.717) is 70.6 Å². The molecule has 1 aliphatic carbocycles. The molecule has 3 N–H and O–H groups in total. The minimum Gasteiger partial charge on any atom is -0.465 e. The fourth-order valence-electron chi connectivity index (χ4n) is 6.15. The van der Waals surface area contributed by atoms with Crippen LogP contribution in [-0.2, 0) is 11.3 Å². The minimum absolute atomic E-state index is 0.0961. The van der Waals surface area contributed by atoms with Crippen LogP contribution in [0.4, 0.5) is 10.7 Å². The van der Waals surface area contributed by atoms with Crippen LogP contribution in [0.2, 0.25) is 10.0 Å². The van der Waals surface area contributed by atoms with Crippen molar-refractivity contribution in [2.75, 3.05) is 24.7 Å². The van der Waals surface area contributed by atoms with Gasteiger partial charge in [0, 0.05) is 34.6 Å². The lowest BCUT2D eigenvalue weighted by molar-refractivity contribution is 0.0927.